The second kappa shape index (κ2) is 5.48. The van der Waals surface area contributed by atoms with Gasteiger partial charge in [-0.1, -0.05) is 0 Å². The summed E-state index contributed by atoms with van der Waals surface area (Å²) in [7, 11) is -5.46. The van der Waals surface area contributed by atoms with E-state index in [1.54, 1.807) is 0 Å². The molecule has 3 atom stereocenters. The Labute approximate surface area is 101 Å². The van der Waals surface area contributed by atoms with E-state index in [0.29, 0.717) is 0 Å². The Balaban J connectivity index is 5.62. The van der Waals surface area contributed by atoms with Crippen molar-refractivity contribution in [1.82, 2.24) is 0 Å². The molecule has 0 spiro atoms. The lowest BCUT2D eigenvalue weighted by Crippen LogP contribution is -2.58. The lowest BCUT2D eigenvalue weighted by molar-refractivity contribution is -0.290. The van der Waals surface area contributed by atoms with Crippen LogP contribution in [-0.4, -0.2) is 44.1 Å². The second-order valence-corrected chi connectivity index (χ2v) is 5.35. The number of nitrogens with zero attached hydrogens (tertiary/aromatic N) is 1. The molecule has 0 saturated heterocycles. The van der Waals surface area contributed by atoms with Crippen molar-refractivity contribution in [3.05, 3.63) is 0 Å². The molecule has 19 heavy (non-hydrogen) atoms. The van der Waals surface area contributed by atoms with E-state index in [1.165, 1.54) is 0 Å². The Bertz CT molecular complexity index is 455. The molecule has 0 bridgehead atoms. The average Bonchev–Trinajstić information content (AvgIpc) is 2.23. The number of hydrogen-bond donors (Lipinski definition) is 0. The predicted octanol–water partition coefficient (Wildman–Crippen LogP) is 2.09. The van der Waals surface area contributed by atoms with Crippen molar-refractivity contribution in [1.29, 1.82) is 5.26 Å². The van der Waals surface area contributed by atoms with Crippen LogP contribution in [-0.2, 0) is 9.84 Å². The second-order valence-electron chi connectivity index (χ2n) is 3.28. The summed E-state index contributed by atoms with van der Waals surface area (Å²) in [6.07, 6.45) is -16.3. The molecule has 0 rings (SSSR count). The molecule has 3 nitrogen and oxygen atoms in total. The molecule has 0 fully saturated rings. The number of alkyl halides is 8. The predicted molar refractivity (Wildman–Crippen MR) is 45.1 cm³/mol. The maximum atomic E-state index is 13.0. The van der Waals surface area contributed by atoms with E-state index >= 15 is 0 Å². The molecular weight excluding hydrogens is 314 g/mol. The third-order valence-electron chi connectivity index (χ3n) is 1.99. The number of hydrogen-bond acceptors (Lipinski definition) is 3. The quantitative estimate of drug-likeness (QED) is 0.729. The monoisotopic (exact) mass is 319 g/mol. The van der Waals surface area contributed by atoms with Gasteiger partial charge in [0.15, 0.2) is 16.0 Å². The van der Waals surface area contributed by atoms with Gasteiger partial charge in [-0.3, -0.25) is 0 Å². The highest BCUT2D eigenvalue weighted by atomic mass is 32.2. The summed E-state index contributed by atoms with van der Waals surface area (Å²) < 4.78 is 120. The van der Waals surface area contributed by atoms with Gasteiger partial charge in [0.2, 0.25) is 5.50 Å². The van der Waals surface area contributed by atoms with Crippen molar-refractivity contribution in [3.8, 4) is 6.07 Å². The van der Waals surface area contributed by atoms with E-state index in [9.17, 15) is 43.5 Å². The maximum Gasteiger partial charge on any atom is 0.431 e. The van der Waals surface area contributed by atoms with Crippen LogP contribution < -0.4 is 0 Å². The first-order valence-electron chi connectivity index (χ1n) is 4.22. The van der Waals surface area contributed by atoms with Crippen LogP contribution >= 0.6 is 0 Å². The Kier molecular flexibility index (Phi) is 5.15. The minimum Gasteiger partial charge on any atom is -0.239 e. The van der Waals surface area contributed by atoms with Gasteiger partial charge < -0.3 is 0 Å². The summed E-state index contributed by atoms with van der Waals surface area (Å²) in [4.78, 5) is 0. The Hall–Kier alpha value is -1.12. The van der Waals surface area contributed by atoms with Crippen LogP contribution in [0.3, 0.4) is 0 Å². The fraction of sp³-hybridized carbons (Fsp3) is 0.857. The molecule has 0 saturated carbocycles. The number of nitriles is 1. The maximum absolute atomic E-state index is 13.0. The zero-order valence-electron chi connectivity index (χ0n) is 8.63. The Morgan fingerprint density at radius 2 is 1.47 bits per heavy atom. The van der Waals surface area contributed by atoms with E-state index < -0.39 is 45.5 Å². The van der Waals surface area contributed by atoms with Gasteiger partial charge >= 0.3 is 6.18 Å². The number of sulfone groups is 1. The van der Waals surface area contributed by atoms with Crippen LogP contribution in [0.1, 0.15) is 0 Å². The van der Waals surface area contributed by atoms with E-state index in [0.717, 1.165) is 6.07 Å². The van der Waals surface area contributed by atoms with E-state index in [-0.39, 0.29) is 0 Å². The first-order chi connectivity index (χ1) is 8.32. The third-order valence-corrected chi connectivity index (χ3v) is 3.45. The van der Waals surface area contributed by atoms with E-state index in [1.807, 2.05) is 0 Å². The minimum absolute atomic E-state index is 0.777. The van der Waals surface area contributed by atoms with Gasteiger partial charge in [0, 0.05) is 0 Å². The largest absolute Gasteiger partial charge is 0.431 e. The minimum atomic E-state index is -6.53. The third kappa shape index (κ3) is 3.26. The highest BCUT2D eigenvalue weighted by molar-refractivity contribution is 7.92. The first-order valence-corrected chi connectivity index (χ1v) is 5.94. The fourth-order valence-corrected chi connectivity index (χ4v) is 1.84. The molecule has 112 valence electrons. The van der Waals surface area contributed by atoms with Crippen LogP contribution in [0.25, 0.3) is 0 Å². The van der Waals surface area contributed by atoms with Crippen LogP contribution in [0, 0.1) is 11.3 Å². The molecule has 0 amide bonds. The fourth-order valence-electron chi connectivity index (χ4n) is 0.943. The molecule has 0 aliphatic carbocycles. The summed E-state index contributed by atoms with van der Waals surface area (Å²) in [5.74, 6) is -1.79. The molecule has 0 aromatic heterocycles. The van der Waals surface area contributed by atoms with Gasteiger partial charge in [0.05, 0.1) is 6.07 Å². The van der Waals surface area contributed by atoms with Crippen molar-refractivity contribution in [3.63, 3.8) is 0 Å². The normalized spacial score (nSPS) is 19.6. The molecule has 0 heterocycles. The van der Waals surface area contributed by atoms with Crippen molar-refractivity contribution < 1.29 is 43.5 Å². The molecule has 0 N–H and O–H groups in total. The smallest absolute Gasteiger partial charge is 0.239 e. The average molecular weight is 319 g/mol. The van der Waals surface area contributed by atoms with E-state index in [4.69, 9.17) is 5.26 Å². The van der Waals surface area contributed by atoms with Gasteiger partial charge in [-0.2, -0.15) is 18.4 Å². The molecule has 0 aromatic rings. The van der Waals surface area contributed by atoms with Crippen molar-refractivity contribution in [2.24, 2.45) is 0 Å². The van der Waals surface area contributed by atoms with Gasteiger partial charge in [-0.05, 0) is 0 Å². The van der Waals surface area contributed by atoms with Crippen molar-refractivity contribution in [2.45, 2.75) is 29.9 Å². The van der Waals surface area contributed by atoms with Gasteiger partial charge in [-0.25, -0.2) is 30.4 Å². The topological polar surface area (TPSA) is 57.9 Å². The van der Waals surface area contributed by atoms with E-state index in [2.05, 4.69) is 0 Å². The van der Waals surface area contributed by atoms with Crippen LogP contribution in [0.15, 0.2) is 0 Å². The highest BCUT2D eigenvalue weighted by Crippen LogP contribution is 2.45. The summed E-state index contributed by atoms with van der Waals surface area (Å²) in [5.41, 5.74) is -10.2. The first kappa shape index (κ1) is 17.9. The zero-order chi connectivity index (χ0) is 15.6. The molecule has 0 aliphatic rings. The molecule has 0 aromatic carbocycles. The Morgan fingerprint density at radius 3 is 1.74 bits per heavy atom. The van der Waals surface area contributed by atoms with Gasteiger partial charge in [0.25, 0.3) is 12.1 Å². The zero-order valence-corrected chi connectivity index (χ0v) is 9.45. The standard InChI is InChI=1S/C7H5F8NO2S/c8-3(4(9)19(17,18)2-1-16)6(12,5(10)11)7(13,14)15/h3-5H,2H2. The Morgan fingerprint density at radius 1 is 1.05 bits per heavy atom. The molecule has 0 radical (unpaired) electrons. The van der Waals surface area contributed by atoms with Crippen molar-refractivity contribution >= 4 is 9.84 Å². The molecular formula is C7H5F8NO2S. The summed E-state index contributed by atoms with van der Waals surface area (Å²) in [6, 6.07) is 0.777. The van der Waals surface area contributed by atoms with Crippen LogP contribution in [0.5, 0.6) is 0 Å². The molecule has 12 heteroatoms. The summed E-state index contributed by atoms with van der Waals surface area (Å²) in [5, 5.41) is 7.92. The number of rotatable bonds is 5. The van der Waals surface area contributed by atoms with Crippen LogP contribution in [0.4, 0.5) is 35.1 Å². The lowest BCUT2D eigenvalue weighted by atomic mass is 10.0. The number of halogens is 8. The van der Waals surface area contributed by atoms with Gasteiger partial charge in [-0.15, -0.1) is 0 Å². The summed E-state index contributed by atoms with van der Waals surface area (Å²) >= 11 is 0. The van der Waals surface area contributed by atoms with Gasteiger partial charge in [0.1, 0.15) is 5.75 Å². The summed E-state index contributed by atoms with van der Waals surface area (Å²) in [6.45, 7) is 0. The van der Waals surface area contributed by atoms with Crippen molar-refractivity contribution in [2.75, 3.05) is 5.75 Å². The lowest BCUT2D eigenvalue weighted by Gasteiger charge is -2.30. The molecule has 0 aliphatic heterocycles. The molecule has 3 unspecified atom stereocenters. The highest BCUT2D eigenvalue weighted by Gasteiger charge is 2.71. The van der Waals surface area contributed by atoms with Crippen LogP contribution in [0.2, 0.25) is 0 Å². The SMILES string of the molecule is N#CCS(=O)(=O)C(F)C(F)C(F)(C(F)F)C(F)(F)F.